The summed E-state index contributed by atoms with van der Waals surface area (Å²) in [5.41, 5.74) is 0. The van der Waals surface area contributed by atoms with Gasteiger partial charge in [0.1, 0.15) is 19.8 Å². The molecule has 0 heterocycles. The normalized spacial score (nSPS) is 13.2. The minimum Gasteiger partial charge on any atom is -0.756 e. The molecule has 2 atom stereocenters. The maximum Gasteiger partial charge on any atom is 0.306 e. The molecule has 2 unspecified atom stereocenters. The zero-order valence-electron chi connectivity index (χ0n) is 48.2. The smallest absolute Gasteiger partial charge is 0.306 e. The number of esters is 2. The van der Waals surface area contributed by atoms with Crippen molar-refractivity contribution in [2.75, 3.05) is 47.5 Å². The fourth-order valence-corrected chi connectivity index (χ4v) is 10.3. The van der Waals surface area contributed by atoms with Crippen molar-refractivity contribution in [3.63, 3.8) is 0 Å². The van der Waals surface area contributed by atoms with Crippen LogP contribution in [0.15, 0.2) is 0 Å². The molecule has 0 bridgehead atoms. The van der Waals surface area contributed by atoms with E-state index in [2.05, 4.69) is 13.8 Å². The van der Waals surface area contributed by atoms with E-state index in [0.717, 1.165) is 32.1 Å². The highest BCUT2D eigenvalue weighted by atomic mass is 31.2. The van der Waals surface area contributed by atoms with Gasteiger partial charge in [0.05, 0.1) is 27.7 Å². The molecule has 71 heavy (non-hydrogen) atoms. The summed E-state index contributed by atoms with van der Waals surface area (Å²) in [5, 5.41) is 0. The third-order valence-electron chi connectivity index (χ3n) is 14.4. The highest BCUT2D eigenvalue weighted by Gasteiger charge is 2.22. The van der Waals surface area contributed by atoms with Crippen LogP contribution >= 0.6 is 7.82 Å². The summed E-state index contributed by atoms with van der Waals surface area (Å²) in [6.07, 6.45) is 61.6. The van der Waals surface area contributed by atoms with Gasteiger partial charge < -0.3 is 27.9 Å². The fraction of sp³-hybridized carbons (Fsp3) is 0.967. The third kappa shape index (κ3) is 58.1. The molecule has 0 amide bonds. The van der Waals surface area contributed by atoms with Crippen molar-refractivity contribution >= 4 is 19.8 Å². The van der Waals surface area contributed by atoms with Crippen LogP contribution in [0.1, 0.15) is 328 Å². The highest BCUT2D eigenvalue weighted by Crippen LogP contribution is 2.38. The van der Waals surface area contributed by atoms with Crippen LogP contribution in [0.2, 0.25) is 0 Å². The van der Waals surface area contributed by atoms with Crippen molar-refractivity contribution in [3.8, 4) is 0 Å². The van der Waals surface area contributed by atoms with Crippen molar-refractivity contribution in [3.05, 3.63) is 0 Å². The van der Waals surface area contributed by atoms with E-state index in [1.807, 2.05) is 21.1 Å². The molecular formula is C61H122NO8P. The minimum absolute atomic E-state index is 0.0250. The summed E-state index contributed by atoms with van der Waals surface area (Å²) in [6.45, 7) is 4.32. The number of unbranched alkanes of at least 4 members (excludes halogenated alkanes) is 45. The lowest BCUT2D eigenvalue weighted by Gasteiger charge is -2.28. The van der Waals surface area contributed by atoms with Gasteiger partial charge in [-0.3, -0.25) is 14.2 Å². The van der Waals surface area contributed by atoms with Crippen LogP contribution in [0.4, 0.5) is 0 Å². The Bertz CT molecular complexity index is 1160. The first kappa shape index (κ1) is 70.0. The zero-order chi connectivity index (χ0) is 52.0. The van der Waals surface area contributed by atoms with Crippen LogP contribution in [0.5, 0.6) is 0 Å². The van der Waals surface area contributed by atoms with Gasteiger partial charge in [0, 0.05) is 12.8 Å². The predicted molar refractivity (Wildman–Crippen MR) is 301 cm³/mol. The van der Waals surface area contributed by atoms with E-state index < -0.39 is 26.5 Å². The van der Waals surface area contributed by atoms with E-state index >= 15 is 0 Å². The maximum atomic E-state index is 12.8. The number of quaternary nitrogens is 1. The summed E-state index contributed by atoms with van der Waals surface area (Å²) in [6, 6.07) is 0. The number of carbonyl (C=O) groups is 2. The molecule has 0 saturated carbocycles. The Balaban J connectivity index is 4.03. The second-order valence-electron chi connectivity index (χ2n) is 22.8. The van der Waals surface area contributed by atoms with Crippen molar-refractivity contribution in [1.82, 2.24) is 0 Å². The zero-order valence-corrected chi connectivity index (χ0v) is 49.1. The number of nitrogens with zero attached hydrogens (tertiary/aromatic N) is 1. The number of phosphoric acid groups is 1. The first-order chi connectivity index (χ1) is 34.5. The lowest BCUT2D eigenvalue weighted by Crippen LogP contribution is -2.37. The molecule has 0 aromatic heterocycles. The van der Waals surface area contributed by atoms with E-state index in [9.17, 15) is 19.0 Å². The van der Waals surface area contributed by atoms with Gasteiger partial charge in [0.15, 0.2) is 6.10 Å². The molecule has 0 aromatic rings. The number of hydrogen-bond acceptors (Lipinski definition) is 8. The second-order valence-corrected chi connectivity index (χ2v) is 24.2. The van der Waals surface area contributed by atoms with Gasteiger partial charge in [-0.2, -0.15) is 0 Å². The van der Waals surface area contributed by atoms with Crippen molar-refractivity contribution in [2.24, 2.45) is 0 Å². The molecule has 0 N–H and O–H groups in total. The molecular weight excluding hydrogens is 906 g/mol. The molecule has 0 rings (SSSR count). The van der Waals surface area contributed by atoms with Crippen molar-refractivity contribution in [2.45, 2.75) is 335 Å². The fourth-order valence-electron chi connectivity index (χ4n) is 9.54. The van der Waals surface area contributed by atoms with Gasteiger partial charge >= 0.3 is 11.9 Å². The van der Waals surface area contributed by atoms with Gasteiger partial charge in [0.2, 0.25) is 0 Å². The highest BCUT2D eigenvalue weighted by molar-refractivity contribution is 7.45. The van der Waals surface area contributed by atoms with E-state index in [0.29, 0.717) is 17.4 Å². The Morgan fingerprint density at radius 2 is 0.634 bits per heavy atom. The van der Waals surface area contributed by atoms with Crippen LogP contribution in [0.3, 0.4) is 0 Å². The number of rotatable bonds is 59. The summed E-state index contributed by atoms with van der Waals surface area (Å²) >= 11 is 0. The Morgan fingerprint density at radius 3 is 0.901 bits per heavy atom. The summed E-state index contributed by atoms with van der Waals surface area (Å²) in [4.78, 5) is 37.9. The molecule has 0 aliphatic carbocycles. The van der Waals surface area contributed by atoms with E-state index in [4.69, 9.17) is 18.5 Å². The van der Waals surface area contributed by atoms with Crippen molar-refractivity contribution < 1.29 is 42.1 Å². The number of phosphoric ester groups is 1. The van der Waals surface area contributed by atoms with E-state index in [1.54, 1.807) is 0 Å². The molecule has 0 fully saturated rings. The summed E-state index contributed by atoms with van der Waals surface area (Å²) < 4.78 is 34.2. The van der Waals surface area contributed by atoms with Crippen LogP contribution < -0.4 is 4.89 Å². The Morgan fingerprint density at radius 1 is 0.380 bits per heavy atom. The molecule has 0 aliphatic heterocycles. The van der Waals surface area contributed by atoms with Crippen LogP contribution in [0.25, 0.3) is 0 Å². The lowest BCUT2D eigenvalue weighted by molar-refractivity contribution is -0.870. The van der Waals surface area contributed by atoms with Gasteiger partial charge in [0.25, 0.3) is 7.82 Å². The molecule has 0 saturated heterocycles. The average molecular weight is 1030 g/mol. The minimum atomic E-state index is -4.63. The number of ether oxygens (including phenoxy) is 2. The topological polar surface area (TPSA) is 111 Å². The lowest BCUT2D eigenvalue weighted by atomic mass is 10.0. The molecule has 9 nitrogen and oxygen atoms in total. The first-order valence-electron chi connectivity index (χ1n) is 31.2. The molecule has 0 radical (unpaired) electrons. The Kier molecular flexibility index (Phi) is 53.1. The number of carbonyl (C=O) groups excluding carboxylic acids is 2. The number of hydrogen-bond donors (Lipinski definition) is 0. The predicted octanol–water partition coefficient (Wildman–Crippen LogP) is 18.8. The number of likely N-dealkylation sites (N-methyl/N-ethyl adjacent to an activating group) is 1. The van der Waals surface area contributed by atoms with Crippen molar-refractivity contribution in [1.29, 1.82) is 0 Å². The summed E-state index contributed by atoms with van der Waals surface area (Å²) in [5.74, 6) is -0.807. The van der Waals surface area contributed by atoms with Gasteiger partial charge in [-0.1, -0.05) is 303 Å². The average Bonchev–Trinajstić information content (AvgIpc) is 3.33. The molecule has 10 heteroatoms. The van der Waals surface area contributed by atoms with Crippen LogP contribution in [-0.2, 0) is 32.7 Å². The SMILES string of the molecule is CCCCCCCCCCCCCCCCCCCCCCCCCCCCCCC(=O)OC(COC(=O)CCCCCCCCCCCCCCCCCCCCC)COP(=O)([O-])OCC[N+](C)(C)C. The third-order valence-corrected chi connectivity index (χ3v) is 15.3. The monoisotopic (exact) mass is 1030 g/mol. The van der Waals surface area contributed by atoms with Gasteiger partial charge in [-0.25, -0.2) is 0 Å². The quantitative estimate of drug-likeness (QED) is 0.0256. The molecule has 424 valence electrons. The van der Waals surface area contributed by atoms with Crippen LogP contribution in [0, 0.1) is 0 Å². The molecule has 0 aromatic carbocycles. The van der Waals surface area contributed by atoms with Crippen LogP contribution in [-0.4, -0.2) is 70.0 Å². The van der Waals surface area contributed by atoms with E-state index in [1.165, 1.54) is 263 Å². The molecule has 0 aliphatic rings. The standard InChI is InChI=1S/C61H122NO8P/c1-6-8-10-12-14-16-18-20-22-24-26-27-28-29-30-31-32-33-34-36-38-40-42-44-46-48-50-52-54-61(64)70-59(58-69-71(65,66)68-56-55-62(3,4)5)57-67-60(63)53-51-49-47-45-43-41-39-37-35-25-23-21-19-17-15-13-11-9-7-2/h59H,6-58H2,1-5H3. The molecule has 0 spiro atoms. The van der Waals surface area contributed by atoms with Gasteiger partial charge in [-0.15, -0.1) is 0 Å². The Labute approximate surface area is 442 Å². The van der Waals surface area contributed by atoms with Gasteiger partial charge in [-0.05, 0) is 12.8 Å². The second kappa shape index (κ2) is 53.8. The maximum absolute atomic E-state index is 12.8. The first-order valence-corrected chi connectivity index (χ1v) is 32.7. The van der Waals surface area contributed by atoms with E-state index in [-0.39, 0.29) is 32.0 Å². The Hall–Kier alpha value is -0.990. The summed E-state index contributed by atoms with van der Waals surface area (Å²) in [7, 11) is 1.19. The largest absolute Gasteiger partial charge is 0.756 e.